The van der Waals surface area contributed by atoms with Crippen LogP contribution in [0.2, 0.25) is 0 Å². The summed E-state index contributed by atoms with van der Waals surface area (Å²) < 4.78 is 27.4. The molecule has 0 saturated heterocycles. The van der Waals surface area contributed by atoms with Crippen molar-refractivity contribution in [3.05, 3.63) is 59.4 Å². The third kappa shape index (κ3) is 4.58. The van der Waals surface area contributed by atoms with Crippen LogP contribution in [0.5, 0.6) is 0 Å². The van der Waals surface area contributed by atoms with Gasteiger partial charge in [0.2, 0.25) is 15.9 Å². The smallest absolute Gasteiger partial charge is 0.240 e. The number of nitrogens with one attached hydrogen (secondary N) is 3. The van der Waals surface area contributed by atoms with Crippen molar-refractivity contribution in [1.82, 2.24) is 20.0 Å². The number of rotatable bonds is 7. The van der Waals surface area contributed by atoms with Gasteiger partial charge in [-0.2, -0.15) is 0 Å². The number of amides is 1. The van der Waals surface area contributed by atoms with Gasteiger partial charge in [-0.3, -0.25) is 4.79 Å². The number of imidazole rings is 1. The first kappa shape index (κ1) is 20.0. The quantitative estimate of drug-likeness (QED) is 0.567. The number of aromatic amines is 1. The Balaban J connectivity index is 1.55. The zero-order valence-electron chi connectivity index (χ0n) is 16.1. The van der Waals surface area contributed by atoms with Gasteiger partial charge in [0.05, 0.1) is 22.0 Å². The molecule has 0 aliphatic carbocycles. The fraction of sp³-hybridized carbons (Fsp3) is 0.300. The predicted molar refractivity (Wildman–Crippen MR) is 108 cm³/mol. The van der Waals surface area contributed by atoms with Crippen molar-refractivity contribution < 1.29 is 13.2 Å². The summed E-state index contributed by atoms with van der Waals surface area (Å²) in [5, 5.41) is 2.83. The Morgan fingerprint density at radius 1 is 1.18 bits per heavy atom. The maximum atomic E-state index is 12.4. The van der Waals surface area contributed by atoms with Gasteiger partial charge in [0.1, 0.15) is 5.82 Å². The number of para-hydroxylation sites is 2. The summed E-state index contributed by atoms with van der Waals surface area (Å²) in [4.78, 5) is 20.1. The molecule has 148 valence electrons. The van der Waals surface area contributed by atoms with E-state index in [-0.39, 0.29) is 29.8 Å². The van der Waals surface area contributed by atoms with Crippen molar-refractivity contribution in [3.63, 3.8) is 0 Å². The number of aryl methyl sites for hydroxylation is 2. The maximum absolute atomic E-state index is 12.4. The number of sulfonamides is 1. The molecule has 0 radical (unpaired) electrons. The average Bonchev–Trinajstić information content (AvgIpc) is 3.05. The summed E-state index contributed by atoms with van der Waals surface area (Å²) in [6, 6.07) is 12.5. The molecule has 0 aliphatic rings. The van der Waals surface area contributed by atoms with Crippen molar-refractivity contribution in [1.29, 1.82) is 0 Å². The number of benzene rings is 2. The van der Waals surface area contributed by atoms with Crippen molar-refractivity contribution in [2.75, 3.05) is 6.54 Å². The number of H-pyrrole nitrogens is 1. The van der Waals surface area contributed by atoms with Gasteiger partial charge >= 0.3 is 0 Å². The average molecular weight is 401 g/mol. The van der Waals surface area contributed by atoms with Crippen LogP contribution in [0.15, 0.2) is 47.4 Å². The molecule has 0 saturated carbocycles. The van der Waals surface area contributed by atoms with E-state index in [0.717, 1.165) is 16.6 Å². The molecule has 3 N–H and O–H groups in total. The van der Waals surface area contributed by atoms with Crippen molar-refractivity contribution in [2.45, 2.75) is 38.1 Å². The van der Waals surface area contributed by atoms with Crippen molar-refractivity contribution >= 4 is 27.0 Å². The summed E-state index contributed by atoms with van der Waals surface area (Å²) in [6.07, 6.45) is 0.0364. The third-order valence-corrected chi connectivity index (χ3v) is 6.08. The summed E-state index contributed by atoms with van der Waals surface area (Å²) in [6.45, 7) is 5.51. The molecule has 0 spiro atoms. The minimum Gasteiger partial charge on any atom is -0.346 e. The van der Waals surface area contributed by atoms with Crippen LogP contribution in [0.4, 0.5) is 0 Å². The van der Waals surface area contributed by atoms with E-state index in [0.29, 0.717) is 11.4 Å². The molecule has 0 bridgehead atoms. The van der Waals surface area contributed by atoms with Gasteiger partial charge in [-0.25, -0.2) is 18.1 Å². The Bertz CT molecular complexity index is 1070. The third-order valence-electron chi connectivity index (χ3n) is 4.46. The lowest BCUT2D eigenvalue weighted by atomic mass is 10.2. The van der Waals surface area contributed by atoms with Crippen molar-refractivity contribution in [3.8, 4) is 0 Å². The maximum Gasteiger partial charge on any atom is 0.240 e. The lowest BCUT2D eigenvalue weighted by Gasteiger charge is -2.12. The van der Waals surface area contributed by atoms with E-state index in [9.17, 15) is 13.2 Å². The van der Waals surface area contributed by atoms with Crippen LogP contribution in [-0.4, -0.2) is 30.8 Å². The first-order valence-electron chi connectivity index (χ1n) is 9.07. The lowest BCUT2D eigenvalue weighted by molar-refractivity contribution is -0.121. The zero-order chi connectivity index (χ0) is 20.3. The highest BCUT2D eigenvalue weighted by atomic mass is 32.2. The van der Waals surface area contributed by atoms with Crippen LogP contribution < -0.4 is 10.0 Å². The first-order chi connectivity index (χ1) is 13.3. The molecule has 1 heterocycles. The highest BCUT2D eigenvalue weighted by Gasteiger charge is 2.18. The Labute approximate surface area is 164 Å². The minimum atomic E-state index is -3.65. The molecule has 2 aromatic carbocycles. The highest BCUT2D eigenvalue weighted by molar-refractivity contribution is 7.89. The van der Waals surface area contributed by atoms with Gasteiger partial charge in [-0.1, -0.05) is 29.8 Å². The molecule has 1 atom stereocenters. The van der Waals surface area contributed by atoms with Crippen LogP contribution in [-0.2, 0) is 14.8 Å². The number of fused-ring (bicyclic) bond motifs is 1. The molecule has 0 fully saturated rings. The van der Waals surface area contributed by atoms with Crippen molar-refractivity contribution in [2.24, 2.45) is 0 Å². The van der Waals surface area contributed by atoms with E-state index in [1.54, 1.807) is 19.1 Å². The monoisotopic (exact) mass is 400 g/mol. The fourth-order valence-electron chi connectivity index (χ4n) is 3.04. The Morgan fingerprint density at radius 2 is 1.93 bits per heavy atom. The topological polar surface area (TPSA) is 104 Å². The SMILES string of the molecule is Cc1ccc(S(=O)(=O)NCCC(=O)N[C@@H](C)c2nc3ccccc3[nH]2)c(C)c1. The summed E-state index contributed by atoms with van der Waals surface area (Å²) in [5.41, 5.74) is 3.41. The van der Waals surface area contributed by atoms with E-state index in [1.807, 2.05) is 44.2 Å². The molecule has 1 amide bonds. The molecule has 0 unspecified atom stereocenters. The first-order valence-corrected chi connectivity index (χ1v) is 10.6. The van der Waals surface area contributed by atoms with Crippen LogP contribution >= 0.6 is 0 Å². The lowest BCUT2D eigenvalue weighted by Crippen LogP contribution is -2.32. The van der Waals surface area contributed by atoms with Crippen LogP contribution in [0.1, 0.15) is 36.3 Å². The highest BCUT2D eigenvalue weighted by Crippen LogP contribution is 2.17. The summed E-state index contributed by atoms with van der Waals surface area (Å²) in [7, 11) is -3.65. The zero-order valence-corrected chi connectivity index (χ0v) is 16.9. The van der Waals surface area contributed by atoms with Gasteiger partial charge < -0.3 is 10.3 Å². The number of hydrogen-bond donors (Lipinski definition) is 3. The molecular formula is C20H24N4O3S. The molecule has 28 heavy (non-hydrogen) atoms. The molecule has 8 heteroatoms. The number of carbonyl (C=O) groups is 1. The Kier molecular flexibility index (Phi) is 5.81. The summed E-state index contributed by atoms with van der Waals surface area (Å²) in [5.74, 6) is 0.404. The van der Waals surface area contributed by atoms with Crippen LogP contribution in [0.25, 0.3) is 11.0 Å². The molecule has 0 aliphatic heterocycles. The normalized spacial score (nSPS) is 12.8. The molecule has 3 aromatic rings. The van der Waals surface area contributed by atoms with E-state index >= 15 is 0 Å². The van der Waals surface area contributed by atoms with Gasteiger partial charge in [-0.05, 0) is 44.5 Å². The molecule has 1 aromatic heterocycles. The largest absolute Gasteiger partial charge is 0.346 e. The van der Waals surface area contributed by atoms with E-state index in [4.69, 9.17) is 0 Å². The van der Waals surface area contributed by atoms with Gasteiger partial charge in [0.25, 0.3) is 0 Å². The van der Waals surface area contributed by atoms with Crippen LogP contribution in [0, 0.1) is 13.8 Å². The van der Waals surface area contributed by atoms with Gasteiger partial charge in [-0.15, -0.1) is 0 Å². The molecule has 3 rings (SSSR count). The number of aromatic nitrogens is 2. The van der Waals surface area contributed by atoms with E-state index in [1.165, 1.54) is 0 Å². The number of carbonyl (C=O) groups excluding carboxylic acids is 1. The predicted octanol–water partition coefficient (Wildman–Crippen LogP) is 2.73. The number of nitrogens with zero attached hydrogens (tertiary/aromatic N) is 1. The summed E-state index contributed by atoms with van der Waals surface area (Å²) >= 11 is 0. The number of hydrogen-bond acceptors (Lipinski definition) is 4. The molecule has 7 nitrogen and oxygen atoms in total. The van der Waals surface area contributed by atoms with Crippen LogP contribution in [0.3, 0.4) is 0 Å². The van der Waals surface area contributed by atoms with Gasteiger partial charge in [0.15, 0.2) is 0 Å². The minimum absolute atomic E-state index is 0.0222. The van der Waals surface area contributed by atoms with E-state index < -0.39 is 10.0 Å². The second-order valence-electron chi connectivity index (χ2n) is 6.85. The van der Waals surface area contributed by atoms with E-state index in [2.05, 4.69) is 20.0 Å². The molecular weight excluding hydrogens is 376 g/mol. The fourth-order valence-corrected chi connectivity index (χ4v) is 4.29. The Morgan fingerprint density at radius 3 is 2.64 bits per heavy atom. The standard InChI is InChI=1S/C20H24N4O3S/c1-13-8-9-18(14(2)12-13)28(26,27)21-11-10-19(25)22-15(3)20-23-16-6-4-5-7-17(16)24-20/h4-9,12,15,21H,10-11H2,1-3H3,(H,22,25)(H,23,24)/t15-/m0/s1. The second kappa shape index (κ2) is 8.12. The Hall–Kier alpha value is -2.71. The van der Waals surface area contributed by atoms with Gasteiger partial charge in [0, 0.05) is 13.0 Å². The second-order valence-corrected chi connectivity index (χ2v) is 8.58.